The zero-order valence-corrected chi connectivity index (χ0v) is 11.0. The molecular weight excluding hydrogens is 252 g/mol. The minimum atomic E-state index is -0.321. The second-order valence-electron chi connectivity index (χ2n) is 5.16. The molecule has 4 unspecified atom stereocenters. The Hall–Kier alpha value is -1.03. The molecule has 18 heavy (non-hydrogen) atoms. The van der Waals surface area contributed by atoms with Gasteiger partial charge in [-0.3, -0.25) is 9.59 Å². The number of hydrogen-bond acceptors (Lipinski definition) is 2. The second-order valence-corrected chi connectivity index (χ2v) is 5.47. The summed E-state index contributed by atoms with van der Waals surface area (Å²) in [5, 5.41) is 2.84. The van der Waals surface area contributed by atoms with Crippen LogP contribution >= 0.6 is 11.6 Å². The van der Waals surface area contributed by atoms with Gasteiger partial charge in [-0.25, -0.2) is 0 Å². The van der Waals surface area contributed by atoms with E-state index in [-0.39, 0.29) is 23.7 Å². The highest BCUT2D eigenvalue weighted by Crippen LogP contribution is 2.52. The van der Waals surface area contributed by atoms with Crippen LogP contribution in [0.5, 0.6) is 0 Å². The Labute approximate surface area is 112 Å². The summed E-state index contributed by atoms with van der Waals surface area (Å²) < 4.78 is 0. The smallest absolute Gasteiger partial charge is 0.224 e. The molecule has 2 saturated carbocycles. The Morgan fingerprint density at radius 3 is 2.50 bits per heavy atom. The summed E-state index contributed by atoms with van der Waals surface area (Å²) in [5.41, 5.74) is 5.44. The molecule has 0 spiro atoms. The molecule has 4 atom stereocenters. The van der Waals surface area contributed by atoms with Crippen molar-refractivity contribution >= 4 is 23.4 Å². The SMILES string of the molecule is NC(=O)C1C2CCC(C2)C1C(=O)NC/C=C/CCl. The van der Waals surface area contributed by atoms with Gasteiger partial charge in [0, 0.05) is 12.4 Å². The van der Waals surface area contributed by atoms with E-state index < -0.39 is 0 Å². The fourth-order valence-corrected chi connectivity index (χ4v) is 3.63. The summed E-state index contributed by atoms with van der Waals surface area (Å²) >= 11 is 5.50. The van der Waals surface area contributed by atoms with Gasteiger partial charge in [0.05, 0.1) is 11.8 Å². The average Bonchev–Trinajstić information content (AvgIpc) is 2.94. The molecule has 0 aromatic heterocycles. The summed E-state index contributed by atoms with van der Waals surface area (Å²) in [6.45, 7) is 0.463. The number of nitrogens with two attached hydrogens (primary N) is 1. The largest absolute Gasteiger partial charge is 0.369 e. The fourth-order valence-electron chi connectivity index (χ4n) is 3.50. The number of rotatable bonds is 5. The molecule has 0 radical (unpaired) electrons. The van der Waals surface area contributed by atoms with E-state index in [9.17, 15) is 9.59 Å². The molecule has 2 aliphatic rings. The summed E-state index contributed by atoms with van der Waals surface area (Å²) in [5.74, 6) is 0.259. The predicted molar refractivity (Wildman–Crippen MR) is 69.9 cm³/mol. The van der Waals surface area contributed by atoms with Crippen molar-refractivity contribution in [3.63, 3.8) is 0 Å². The lowest BCUT2D eigenvalue weighted by Crippen LogP contribution is -2.43. The fraction of sp³-hybridized carbons (Fsp3) is 0.692. The molecule has 3 N–H and O–H groups in total. The van der Waals surface area contributed by atoms with Crippen LogP contribution in [0.3, 0.4) is 0 Å². The first-order chi connectivity index (χ1) is 8.65. The molecule has 0 saturated heterocycles. The number of halogens is 1. The zero-order chi connectivity index (χ0) is 13.1. The number of primary amides is 1. The van der Waals surface area contributed by atoms with Crippen LogP contribution in [0.2, 0.25) is 0 Å². The predicted octanol–water partition coefficient (Wildman–Crippen LogP) is 1.05. The Kier molecular flexibility index (Phi) is 4.27. The van der Waals surface area contributed by atoms with Gasteiger partial charge in [0.25, 0.3) is 0 Å². The third-order valence-corrected chi connectivity index (χ3v) is 4.38. The number of allylic oxidation sites excluding steroid dienone is 1. The van der Waals surface area contributed by atoms with Crippen molar-refractivity contribution in [2.24, 2.45) is 29.4 Å². The van der Waals surface area contributed by atoms with Gasteiger partial charge in [0.15, 0.2) is 0 Å². The van der Waals surface area contributed by atoms with E-state index in [0.717, 1.165) is 19.3 Å². The van der Waals surface area contributed by atoms with Crippen LogP contribution in [0.15, 0.2) is 12.2 Å². The molecule has 2 fully saturated rings. The first kappa shape index (κ1) is 13.4. The summed E-state index contributed by atoms with van der Waals surface area (Å²) in [6, 6.07) is 0. The lowest BCUT2D eigenvalue weighted by molar-refractivity contribution is -0.135. The van der Waals surface area contributed by atoms with Gasteiger partial charge < -0.3 is 11.1 Å². The van der Waals surface area contributed by atoms with Crippen molar-refractivity contribution < 1.29 is 9.59 Å². The van der Waals surface area contributed by atoms with E-state index in [0.29, 0.717) is 24.3 Å². The standard InChI is InChI=1S/C13H19ClN2O2/c14-5-1-2-6-16-13(18)11-9-4-3-8(7-9)10(11)12(15)17/h1-2,8-11H,3-7H2,(H2,15,17)(H,16,18)/b2-1+. The average molecular weight is 271 g/mol. The van der Waals surface area contributed by atoms with Crippen LogP contribution in [0.25, 0.3) is 0 Å². The second kappa shape index (κ2) is 5.74. The Morgan fingerprint density at radius 1 is 1.22 bits per heavy atom. The Morgan fingerprint density at radius 2 is 1.89 bits per heavy atom. The first-order valence-electron chi connectivity index (χ1n) is 6.43. The number of amides is 2. The third-order valence-electron chi connectivity index (χ3n) is 4.20. The highest BCUT2D eigenvalue weighted by atomic mass is 35.5. The third kappa shape index (κ3) is 2.53. The lowest BCUT2D eigenvalue weighted by Gasteiger charge is -2.27. The van der Waals surface area contributed by atoms with Crippen LogP contribution in [0.4, 0.5) is 0 Å². The molecule has 0 aromatic rings. The molecule has 2 rings (SSSR count). The maximum absolute atomic E-state index is 12.1. The van der Waals surface area contributed by atoms with E-state index in [4.69, 9.17) is 17.3 Å². The van der Waals surface area contributed by atoms with Crippen molar-refractivity contribution in [2.45, 2.75) is 19.3 Å². The number of nitrogens with one attached hydrogen (secondary N) is 1. The summed E-state index contributed by atoms with van der Waals surface area (Å²) in [6.07, 6.45) is 6.66. The highest BCUT2D eigenvalue weighted by Gasteiger charge is 2.52. The minimum Gasteiger partial charge on any atom is -0.369 e. The van der Waals surface area contributed by atoms with Gasteiger partial charge in [-0.2, -0.15) is 0 Å². The van der Waals surface area contributed by atoms with E-state index in [2.05, 4.69) is 5.32 Å². The quantitative estimate of drug-likeness (QED) is 0.579. The van der Waals surface area contributed by atoms with Crippen LogP contribution in [0.1, 0.15) is 19.3 Å². The monoisotopic (exact) mass is 270 g/mol. The topological polar surface area (TPSA) is 72.2 Å². The first-order valence-corrected chi connectivity index (χ1v) is 6.96. The summed E-state index contributed by atoms with van der Waals surface area (Å²) in [7, 11) is 0. The highest BCUT2D eigenvalue weighted by molar-refractivity contribution is 6.18. The van der Waals surface area contributed by atoms with Gasteiger partial charge in [-0.15, -0.1) is 11.6 Å². The maximum atomic E-state index is 12.1. The van der Waals surface area contributed by atoms with Crippen molar-refractivity contribution in [1.82, 2.24) is 5.32 Å². The summed E-state index contributed by atoms with van der Waals surface area (Å²) in [4.78, 5) is 23.6. The normalized spacial score (nSPS) is 34.1. The zero-order valence-electron chi connectivity index (χ0n) is 10.3. The van der Waals surface area contributed by atoms with Crippen molar-refractivity contribution in [3.8, 4) is 0 Å². The molecule has 0 aliphatic heterocycles. The Bertz CT molecular complexity index is 370. The van der Waals surface area contributed by atoms with Crippen LogP contribution in [0, 0.1) is 23.7 Å². The molecule has 0 aromatic carbocycles. The van der Waals surface area contributed by atoms with Gasteiger partial charge in [0.2, 0.25) is 11.8 Å². The molecule has 2 amide bonds. The molecule has 2 aliphatic carbocycles. The minimum absolute atomic E-state index is 0.0368. The molecule has 2 bridgehead atoms. The number of alkyl halides is 1. The molecule has 4 nitrogen and oxygen atoms in total. The van der Waals surface area contributed by atoms with Crippen molar-refractivity contribution in [1.29, 1.82) is 0 Å². The maximum Gasteiger partial charge on any atom is 0.224 e. The van der Waals surface area contributed by atoms with E-state index >= 15 is 0 Å². The van der Waals surface area contributed by atoms with Gasteiger partial charge in [-0.05, 0) is 31.1 Å². The van der Waals surface area contributed by atoms with Gasteiger partial charge in [0.1, 0.15) is 0 Å². The number of hydrogen-bond donors (Lipinski definition) is 2. The van der Waals surface area contributed by atoms with Crippen LogP contribution in [-0.2, 0) is 9.59 Å². The van der Waals surface area contributed by atoms with Crippen LogP contribution < -0.4 is 11.1 Å². The Balaban J connectivity index is 1.96. The van der Waals surface area contributed by atoms with E-state index in [1.165, 1.54) is 0 Å². The van der Waals surface area contributed by atoms with E-state index in [1.54, 1.807) is 6.08 Å². The molecule has 100 valence electrons. The number of carbonyl (C=O) groups excluding carboxylic acids is 2. The number of fused-ring (bicyclic) bond motifs is 2. The molecular formula is C13H19ClN2O2. The van der Waals surface area contributed by atoms with Gasteiger partial charge >= 0.3 is 0 Å². The number of carbonyl (C=O) groups is 2. The van der Waals surface area contributed by atoms with E-state index in [1.807, 2.05) is 6.08 Å². The van der Waals surface area contributed by atoms with Crippen molar-refractivity contribution in [3.05, 3.63) is 12.2 Å². The van der Waals surface area contributed by atoms with Gasteiger partial charge in [-0.1, -0.05) is 12.2 Å². The molecule has 0 heterocycles. The lowest BCUT2D eigenvalue weighted by atomic mass is 9.78. The molecule has 5 heteroatoms. The van der Waals surface area contributed by atoms with Crippen molar-refractivity contribution in [2.75, 3.05) is 12.4 Å². The van der Waals surface area contributed by atoms with Crippen LogP contribution in [-0.4, -0.2) is 24.2 Å².